The van der Waals surface area contributed by atoms with Crippen molar-refractivity contribution in [2.24, 2.45) is 0 Å². The van der Waals surface area contributed by atoms with Gasteiger partial charge in [0.1, 0.15) is 0 Å². The second kappa shape index (κ2) is 28.5. The van der Waals surface area contributed by atoms with Crippen molar-refractivity contribution in [2.45, 2.75) is 110 Å². The van der Waals surface area contributed by atoms with E-state index in [1.807, 2.05) is 0 Å². The Morgan fingerprint density at radius 2 is 0.714 bits per heavy atom. The Morgan fingerprint density at radius 1 is 0.429 bits per heavy atom. The molecule has 0 aromatic heterocycles. The van der Waals surface area contributed by atoms with Gasteiger partial charge in [-0.05, 0) is 6.42 Å². The van der Waals surface area contributed by atoms with E-state index in [0.29, 0.717) is 39.6 Å². The molecular weight excluding hydrogens is 471 g/mol. The summed E-state index contributed by atoms with van der Waals surface area (Å²) in [5, 5.41) is 0. The van der Waals surface area contributed by atoms with Crippen LogP contribution < -0.4 is 0 Å². The first-order valence-electron chi connectivity index (χ1n) is 14.1. The minimum Gasteiger partial charge on any atom is -0.379 e. The van der Waals surface area contributed by atoms with Crippen LogP contribution >= 0.6 is 7.82 Å². The van der Waals surface area contributed by atoms with Gasteiger partial charge in [-0.15, -0.1) is 0 Å². The van der Waals surface area contributed by atoms with Gasteiger partial charge in [-0.1, -0.05) is 103 Å². The maximum atomic E-state index is 10.5. The van der Waals surface area contributed by atoms with Crippen LogP contribution in [0.5, 0.6) is 0 Å². The average Bonchev–Trinajstić information content (AvgIpc) is 2.82. The third-order valence-corrected chi connectivity index (χ3v) is 6.26. The summed E-state index contributed by atoms with van der Waals surface area (Å²) in [5.41, 5.74) is 0. The molecule has 0 aromatic carbocycles. The first-order valence-corrected chi connectivity index (χ1v) is 15.6. The normalized spacial score (nSPS) is 12.0. The van der Waals surface area contributed by atoms with Crippen molar-refractivity contribution in [2.75, 3.05) is 59.5 Å². The summed E-state index contributed by atoms with van der Waals surface area (Å²) in [6.45, 7) is 5.95. The highest BCUT2D eigenvalue weighted by atomic mass is 31.2. The molecule has 0 atom stereocenters. The van der Waals surface area contributed by atoms with Crippen molar-refractivity contribution in [1.29, 1.82) is 0 Å². The van der Waals surface area contributed by atoms with Crippen LogP contribution in [0.15, 0.2) is 0 Å². The first-order chi connectivity index (χ1) is 17.1. The third kappa shape index (κ3) is 34.0. The van der Waals surface area contributed by atoms with E-state index < -0.39 is 7.82 Å². The van der Waals surface area contributed by atoms with E-state index in [4.69, 9.17) is 28.7 Å². The lowest BCUT2D eigenvalue weighted by Gasteiger charge is -2.08. The molecule has 0 heterocycles. The molecule has 0 saturated heterocycles. The summed E-state index contributed by atoms with van der Waals surface area (Å²) in [5.74, 6) is 0. The average molecular weight is 527 g/mol. The van der Waals surface area contributed by atoms with Crippen LogP contribution in [0.2, 0.25) is 0 Å². The molecule has 0 bridgehead atoms. The summed E-state index contributed by atoms with van der Waals surface area (Å²) in [6.07, 6.45) is 22.0. The minimum absolute atomic E-state index is 0.113. The molecule has 0 radical (unpaired) electrons. The van der Waals surface area contributed by atoms with E-state index in [1.165, 1.54) is 96.3 Å². The topological polar surface area (TPSA) is 104 Å². The number of phosphoric ester groups is 1. The number of rotatable bonds is 30. The van der Waals surface area contributed by atoms with Gasteiger partial charge in [0.15, 0.2) is 0 Å². The van der Waals surface area contributed by atoms with Crippen LogP contribution in [0.25, 0.3) is 0 Å². The Kier molecular flexibility index (Phi) is 28.5. The molecule has 212 valence electrons. The standard InChI is InChI=1S/C26H55O8P/c1-2-3-4-5-6-7-8-9-10-11-12-13-14-15-16-17-18-30-19-20-31-21-22-32-23-24-33-25-26-34-35(27,28)29/h2-26H2,1H3,(H2,27,28,29). The number of ether oxygens (including phenoxy) is 4. The second-order valence-corrected chi connectivity index (χ2v) is 10.3. The number of hydrogen-bond acceptors (Lipinski definition) is 6. The van der Waals surface area contributed by atoms with Crippen molar-refractivity contribution in [1.82, 2.24) is 0 Å². The maximum absolute atomic E-state index is 10.5. The van der Waals surface area contributed by atoms with Gasteiger partial charge in [-0.3, -0.25) is 4.52 Å². The Hall–Kier alpha value is -0.0500. The Morgan fingerprint density at radius 3 is 1.06 bits per heavy atom. The fourth-order valence-corrected chi connectivity index (χ4v) is 4.04. The predicted molar refractivity (Wildman–Crippen MR) is 141 cm³/mol. The lowest BCUT2D eigenvalue weighted by molar-refractivity contribution is -0.00578. The Bertz CT molecular complexity index is 447. The van der Waals surface area contributed by atoms with Crippen molar-refractivity contribution < 1.29 is 37.8 Å². The van der Waals surface area contributed by atoms with Crippen LogP contribution in [0, 0.1) is 0 Å². The molecule has 0 amide bonds. The zero-order valence-electron chi connectivity index (χ0n) is 22.5. The monoisotopic (exact) mass is 526 g/mol. The highest BCUT2D eigenvalue weighted by Crippen LogP contribution is 2.35. The zero-order valence-corrected chi connectivity index (χ0v) is 23.4. The highest BCUT2D eigenvalue weighted by Gasteiger charge is 2.12. The summed E-state index contributed by atoms with van der Waals surface area (Å²) in [6, 6.07) is 0. The van der Waals surface area contributed by atoms with Crippen LogP contribution in [0.3, 0.4) is 0 Å². The van der Waals surface area contributed by atoms with E-state index in [1.54, 1.807) is 0 Å². The van der Waals surface area contributed by atoms with Gasteiger partial charge < -0.3 is 28.7 Å². The lowest BCUT2D eigenvalue weighted by Crippen LogP contribution is -2.13. The Balaban J connectivity index is 3.04. The largest absolute Gasteiger partial charge is 0.469 e. The van der Waals surface area contributed by atoms with Gasteiger partial charge in [0.05, 0.1) is 52.9 Å². The van der Waals surface area contributed by atoms with Gasteiger partial charge >= 0.3 is 7.82 Å². The summed E-state index contributed by atoms with van der Waals surface area (Å²) in [4.78, 5) is 17.0. The van der Waals surface area contributed by atoms with Crippen molar-refractivity contribution in [3.63, 3.8) is 0 Å². The molecule has 0 fully saturated rings. The quantitative estimate of drug-likeness (QED) is 0.0816. The summed E-state index contributed by atoms with van der Waals surface area (Å²) < 4.78 is 36.2. The molecule has 35 heavy (non-hydrogen) atoms. The zero-order chi connectivity index (χ0) is 25.7. The van der Waals surface area contributed by atoms with Gasteiger partial charge in [0.25, 0.3) is 0 Å². The fraction of sp³-hybridized carbons (Fsp3) is 1.00. The smallest absolute Gasteiger partial charge is 0.379 e. The highest BCUT2D eigenvalue weighted by molar-refractivity contribution is 7.46. The Labute approximate surface area is 215 Å². The molecule has 0 saturated carbocycles. The molecule has 0 aliphatic rings. The van der Waals surface area contributed by atoms with Crippen molar-refractivity contribution >= 4 is 7.82 Å². The van der Waals surface area contributed by atoms with Crippen LogP contribution in [-0.4, -0.2) is 69.2 Å². The molecule has 8 nitrogen and oxygen atoms in total. The first kappa shape index (κ1) is 35.0. The van der Waals surface area contributed by atoms with Crippen LogP contribution in [0.4, 0.5) is 0 Å². The predicted octanol–water partition coefficient (Wildman–Crippen LogP) is 6.42. The molecule has 0 unspecified atom stereocenters. The van der Waals surface area contributed by atoms with E-state index in [0.717, 1.165) is 13.0 Å². The van der Waals surface area contributed by atoms with Gasteiger partial charge in [-0.2, -0.15) is 0 Å². The van der Waals surface area contributed by atoms with E-state index in [9.17, 15) is 4.57 Å². The number of hydrogen-bond donors (Lipinski definition) is 2. The third-order valence-electron chi connectivity index (χ3n) is 5.75. The molecule has 0 aliphatic carbocycles. The van der Waals surface area contributed by atoms with E-state index in [2.05, 4.69) is 11.4 Å². The molecule has 0 aliphatic heterocycles. The molecule has 0 rings (SSSR count). The number of unbranched alkanes of at least 4 members (excludes halogenated alkanes) is 15. The summed E-state index contributed by atoms with van der Waals surface area (Å²) >= 11 is 0. The molecule has 2 N–H and O–H groups in total. The van der Waals surface area contributed by atoms with Gasteiger partial charge in [-0.25, -0.2) is 4.57 Å². The lowest BCUT2D eigenvalue weighted by atomic mass is 10.0. The maximum Gasteiger partial charge on any atom is 0.469 e. The van der Waals surface area contributed by atoms with Crippen LogP contribution in [0.1, 0.15) is 110 Å². The van der Waals surface area contributed by atoms with Crippen LogP contribution in [-0.2, 0) is 28.0 Å². The van der Waals surface area contributed by atoms with Gasteiger partial charge in [0, 0.05) is 6.61 Å². The molecule has 0 aromatic rings. The fourth-order valence-electron chi connectivity index (χ4n) is 3.73. The SMILES string of the molecule is CCCCCCCCCCCCCCCCCCOCCOCCOCCOCCOP(=O)(O)O. The van der Waals surface area contributed by atoms with E-state index in [-0.39, 0.29) is 13.2 Å². The molecule has 0 spiro atoms. The summed E-state index contributed by atoms with van der Waals surface area (Å²) in [7, 11) is -4.41. The molecule has 9 heteroatoms. The molecular formula is C26H55O8P. The van der Waals surface area contributed by atoms with Crippen molar-refractivity contribution in [3.05, 3.63) is 0 Å². The van der Waals surface area contributed by atoms with Gasteiger partial charge in [0.2, 0.25) is 0 Å². The minimum atomic E-state index is -4.41. The van der Waals surface area contributed by atoms with E-state index >= 15 is 0 Å². The second-order valence-electron chi connectivity index (χ2n) is 9.08. The van der Waals surface area contributed by atoms with Crippen molar-refractivity contribution in [3.8, 4) is 0 Å². The number of phosphoric acid groups is 1.